The molecular weight excluding hydrogens is 520 g/mol. The fourth-order valence-corrected chi connectivity index (χ4v) is 3.75. The second kappa shape index (κ2) is 12.1. The van der Waals surface area contributed by atoms with E-state index < -0.39 is 15.7 Å². The standard InChI is InChI=1S/C21H28FN3O3S.HI/c1-5-23-21(24-12-16-8-15(2)9-20(10-16)28-3)25-13-18-11-19(22)7-6-17(18)14-29(4,26)27;/h6-11H,5,12-14H2,1-4H3,(H2,23,24,25);1H. The van der Waals surface area contributed by atoms with Crippen molar-refractivity contribution in [2.24, 2.45) is 4.99 Å². The molecule has 0 spiro atoms. The SMILES string of the molecule is CCNC(=NCc1cc(C)cc(OC)c1)NCc1cc(F)ccc1CS(C)(=O)=O.I. The lowest BCUT2D eigenvalue weighted by molar-refractivity contribution is 0.414. The number of methoxy groups -OCH3 is 1. The van der Waals surface area contributed by atoms with Crippen molar-refractivity contribution < 1.29 is 17.5 Å². The summed E-state index contributed by atoms with van der Waals surface area (Å²) in [6, 6.07) is 10.0. The lowest BCUT2D eigenvalue weighted by atomic mass is 10.1. The van der Waals surface area contributed by atoms with Crippen LogP contribution in [0.4, 0.5) is 4.39 Å². The number of nitrogens with zero attached hydrogens (tertiary/aromatic N) is 1. The smallest absolute Gasteiger partial charge is 0.191 e. The van der Waals surface area contributed by atoms with E-state index in [0.29, 0.717) is 30.2 Å². The van der Waals surface area contributed by atoms with Gasteiger partial charge in [-0.25, -0.2) is 17.8 Å². The number of aryl methyl sites for hydroxylation is 1. The highest BCUT2D eigenvalue weighted by Crippen LogP contribution is 2.17. The maximum Gasteiger partial charge on any atom is 0.191 e. The third-order valence-electron chi connectivity index (χ3n) is 4.14. The van der Waals surface area contributed by atoms with E-state index in [4.69, 9.17) is 4.74 Å². The van der Waals surface area contributed by atoms with Gasteiger partial charge in [0.05, 0.1) is 19.4 Å². The second-order valence-electron chi connectivity index (χ2n) is 6.89. The Morgan fingerprint density at radius 1 is 1.13 bits per heavy atom. The van der Waals surface area contributed by atoms with Crippen LogP contribution in [-0.2, 0) is 28.7 Å². The van der Waals surface area contributed by atoms with Gasteiger partial charge in [-0.05, 0) is 60.4 Å². The van der Waals surface area contributed by atoms with Gasteiger partial charge in [0.1, 0.15) is 11.6 Å². The van der Waals surface area contributed by atoms with Crippen LogP contribution in [0.25, 0.3) is 0 Å². The Bertz CT molecular complexity index is 981. The van der Waals surface area contributed by atoms with E-state index in [1.807, 2.05) is 32.0 Å². The maximum absolute atomic E-state index is 13.7. The summed E-state index contributed by atoms with van der Waals surface area (Å²) in [7, 11) is -1.60. The van der Waals surface area contributed by atoms with Crippen LogP contribution in [0, 0.1) is 12.7 Å². The minimum atomic E-state index is -3.23. The predicted octanol–water partition coefficient (Wildman–Crippen LogP) is 3.56. The van der Waals surface area contributed by atoms with Crippen molar-refractivity contribution in [3.63, 3.8) is 0 Å². The topological polar surface area (TPSA) is 79.8 Å². The average molecular weight is 549 g/mol. The number of sulfone groups is 1. The molecule has 0 heterocycles. The number of benzene rings is 2. The van der Waals surface area contributed by atoms with E-state index in [2.05, 4.69) is 15.6 Å². The first-order valence-corrected chi connectivity index (χ1v) is 11.4. The lowest BCUT2D eigenvalue weighted by Gasteiger charge is -2.14. The number of hydrogen-bond acceptors (Lipinski definition) is 4. The highest BCUT2D eigenvalue weighted by Gasteiger charge is 2.11. The van der Waals surface area contributed by atoms with Crippen molar-refractivity contribution in [2.75, 3.05) is 19.9 Å². The van der Waals surface area contributed by atoms with E-state index in [1.54, 1.807) is 7.11 Å². The molecule has 2 aromatic rings. The first kappa shape index (κ1) is 26.2. The molecule has 0 aromatic heterocycles. The highest BCUT2D eigenvalue weighted by molar-refractivity contribution is 14.0. The molecule has 0 aliphatic carbocycles. The normalized spacial score (nSPS) is 11.6. The Hall–Kier alpha value is -1.88. The summed E-state index contributed by atoms with van der Waals surface area (Å²) >= 11 is 0. The molecule has 166 valence electrons. The molecule has 0 amide bonds. The van der Waals surface area contributed by atoms with Crippen molar-refractivity contribution in [1.29, 1.82) is 0 Å². The largest absolute Gasteiger partial charge is 0.497 e. The lowest BCUT2D eigenvalue weighted by Crippen LogP contribution is -2.37. The molecule has 0 aliphatic heterocycles. The number of halogens is 2. The summed E-state index contributed by atoms with van der Waals surface area (Å²) in [6.07, 6.45) is 1.16. The third kappa shape index (κ3) is 8.86. The van der Waals surface area contributed by atoms with Crippen molar-refractivity contribution >= 4 is 39.8 Å². The monoisotopic (exact) mass is 549 g/mol. The molecule has 0 saturated carbocycles. The highest BCUT2D eigenvalue weighted by atomic mass is 127. The van der Waals surface area contributed by atoms with Crippen LogP contribution >= 0.6 is 24.0 Å². The summed E-state index contributed by atoms with van der Waals surface area (Å²) in [6.45, 7) is 5.29. The minimum absolute atomic E-state index is 0. The summed E-state index contributed by atoms with van der Waals surface area (Å²) in [5, 5.41) is 6.29. The number of rotatable bonds is 8. The predicted molar refractivity (Wildman–Crippen MR) is 130 cm³/mol. The zero-order valence-corrected chi connectivity index (χ0v) is 20.8. The molecular formula is C21H29FIN3O3S. The number of guanidine groups is 1. The maximum atomic E-state index is 13.7. The summed E-state index contributed by atoms with van der Waals surface area (Å²) in [5.41, 5.74) is 3.24. The van der Waals surface area contributed by atoms with Gasteiger partial charge in [0.25, 0.3) is 0 Å². The summed E-state index contributed by atoms with van der Waals surface area (Å²) < 4.78 is 42.3. The summed E-state index contributed by atoms with van der Waals surface area (Å²) in [4.78, 5) is 4.57. The van der Waals surface area contributed by atoms with Gasteiger partial charge in [-0.2, -0.15) is 0 Å². The molecule has 0 bridgehead atoms. The molecule has 6 nitrogen and oxygen atoms in total. The molecule has 2 N–H and O–H groups in total. The molecule has 0 unspecified atom stereocenters. The molecule has 2 aromatic carbocycles. The molecule has 2 rings (SSSR count). The summed E-state index contributed by atoms with van der Waals surface area (Å²) in [5.74, 6) is 0.787. The first-order valence-electron chi connectivity index (χ1n) is 9.32. The second-order valence-corrected chi connectivity index (χ2v) is 9.03. The molecule has 0 atom stereocenters. The van der Waals surface area contributed by atoms with Crippen LogP contribution in [0.5, 0.6) is 5.75 Å². The van der Waals surface area contributed by atoms with Crippen LogP contribution in [0.2, 0.25) is 0 Å². The van der Waals surface area contributed by atoms with Gasteiger partial charge in [0.2, 0.25) is 0 Å². The van der Waals surface area contributed by atoms with Gasteiger partial charge in [0, 0.05) is 19.3 Å². The van der Waals surface area contributed by atoms with Crippen LogP contribution in [0.1, 0.15) is 29.2 Å². The Morgan fingerprint density at radius 3 is 2.50 bits per heavy atom. The fourth-order valence-electron chi connectivity index (χ4n) is 2.91. The Kier molecular flexibility index (Phi) is 10.5. The van der Waals surface area contributed by atoms with E-state index in [0.717, 1.165) is 23.1 Å². The van der Waals surface area contributed by atoms with Gasteiger partial charge < -0.3 is 15.4 Å². The van der Waals surface area contributed by atoms with Gasteiger partial charge >= 0.3 is 0 Å². The van der Waals surface area contributed by atoms with Gasteiger partial charge in [-0.3, -0.25) is 0 Å². The zero-order chi connectivity index (χ0) is 21.4. The average Bonchev–Trinajstić information content (AvgIpc) is 2.64. The number of aliphatic imine (C=N–C) groups is 1. The van der Waals surface area contributed by atoms with E-state index in [-0.39, 0.29) is 36.3 Å². The van der Waals surface area contributed by atoms with Crippen LogP contribution < -0.4 is 15.4 Å². The van der Waals surface area contributed by atoms with Gasteiger partial charge in [0.15, 0.2) is 15.8 Å². The molecule has 30 heavy (non-hydrogen) atoms. The van der Waals surface area contributed by atoms with Crippen LogP contribution in [0.15, 0.2) is 41.4 Å². The van der Waals surface area contributed by atoms with Crippen LogP contribution in [-0.4, -0.2) is 34.3 Å². The molecule has 0 aliphatic rings. The number of hydrogen-bond donors (Lipinski definition) is 2. The third-order valence-corrected chi connectivity index (χ3v) is 4.98. The van der Waals surface area contributed by atoms with Gasteiger partial charge in [-0.15, -0.1) is 24.0 Å². The van der Waals surface area contributed by atoms with Crippen molar-refractivity contribution in [2.45, 2.75) is 32.7 Å². The van der Waals surface area contributed by atoms with E-state index in [9.17, 15) is 12.8 Å². The van der Waals surface area contributed by atoms with E-state index in [1.165, 1.54) is 18.2 Å². The molecule has 0 fully saturated rings. The fraction of sp³-hybridized carbons (Fsp3) is 0.381. The van der Waals surface area contributed by atoms with Crippen molar-refractivity contribution in [1.82, 2.24) is 10.6 Å². The van der Waals surface area contributed by atoms with Crippen molar-refractivity contribution in [3.05, 3.63) is 64.5 Å². The van der Waals surface area contributed by atoms with E-state index >= 15 is 0 Å². The van der Waals surface area contributed by atoms with Crippen LogP contribution in [0.3, 0.4) is 0 Å². The molecule has 0 saturated heterocycles. The minimum Gasteiger partial charge on any atom is -0.497 e. The first-order chi connectivity index (χ1) is 13.7. The Morgan fingerprint density at radius 2 is 1.87 bits per heavy atom. The zero-order valence-electron chi connectivity index (χ0n) is 17.7. The number of nitrogens with one attached hydrogen (secondary N) is 2. The number of ether oxygens (including phenoxy) is 1. The van der Waals surface area contributed by atoms with Gasteiger partial charge in [-0.1, -0.05) is 12.1 Å². The Labute approximate surface area is 195 Å². The Balaban J connectivity index is 0.00000450. The molecule has 9 heteroatoms. The van der Waals surface area contributed by atoms with Crippen molar-refractivity contribution in [3.8, 4) is 5.75 Å². The quantitative estimate of drug-likeness (QED) is 0.299. The molecule has 0 radical (unpaired) electrons.